The van der Waals surface area contributed by atoms with Crippen molar-refractivity contribution in [1.29, 1.82) is 0 Å². The van der Waals surface area contributed by atoms with Crippen molar-refractivity contribution in [3.05, 3.63) is 0 Å². The summed E-state index contributed by atoms with van der Waals surface area (Å²) >= 11 is 0. The number of carbonyl (C=O) groups excluding carboxylic acids is 4. The highest BCUT2D eigenvalue weighted by atomic mass is 16.2. The van der Waals surface area contributed by atoms with E-state index >= 15 is 0 Å². The van der Waals surface area contributed by atoms with Crippen molar-refractivity contribution < 1.29 is 19.2 Å². The lowest BCUT2D eigenvalue weighted by Crippen LogP contribution is -2.19. The minimum Gasteiger partial charge on any atom is -0.357 e. The highest BCUT2D eigenvalue weighted by Crippen LogP contribution is 2.08. The van der Waals surface area contributed by atoms with E-state index in [1.54, 1.807) is 0 Å². The molecule has 0 spiro atoms. The van der Waals surface area contributed by atoms with E-state index in [1.165, 1.54) is 7.05 Å². The minimum atomic E-state index is -0.962. The molecule has 0 saturated heterocycles. The molecule has 0 aromatic carbocycles. The summed E-state index contributed by atoms with van der Waals surface area (Å²) in [7, 11) is 1.49. The van der Waals surface area contributed by atoms with Crippen LogP contribution in [0.2, 0.25) is 0 Å². The number of aldehydes is 2. The first-order valence-corrected chi connectivity index (χ1v) is 4.55. The van der Waals surface area contributed by atoms with E-state index in [4.69, 9.17) is 0 Å². The van der Waals surface area contributed by atoms with E-state index in [0.29, 0.717) is 0 Å². The first-order chi connectivity index (χ1) is 8.58. The summed E-state index contributed by atoms with van der Waals surface area (Å²) in [4.78, 5) is 53.0. The minimum absolute atomic E-state index is 0.0342. The lowest BCUT2D eigenvalue weighted by atomic mass is 10.6. The quantitative estimate of drug-likeness (QED) is 0.411. The van der Waals surface area contributed by atoms with E-state index in [-0.39, 0.29) is 30.4 Å². The molecule has 1 rings (SSSR count). The van der Waals surface area contributed by atoms with Gasteiger partial charge in [0.2, 0.25) is 30.4 Å². The Balaban J connectivity index is 3.00. The SMILES string of the molecule is CNc1nc(NC(=O)C=O)nc(NC(=O)C=O)n1. The molecule has 1 aromatic heterocycles. The fraction of sp³-hybridized carbons (Fsp3) is 0.125. The molecule has 0 aliphatic carbocycles. The van der Waals surface area contributed by atoms with Crippen LogP contribution in [0.3, 0.4) is 0 Å². The number of nitrogens with one attached hydrogen (secondary N) is 3. The fourth-order valence-corrected chi connectivity index (χ4v) is 0.879. The number of hydrogen-bond acceptors (Lipinski definition) is 8. The monoisotopic (exact) mass is 252 g/mol. The van der Waals surface area contributed by atoms with Gasteiger partial charge in [0.15, 0.2) is 0 Å². The fourth-order valence-electron chi connectivity index (χ4n) is 0.879. The summed E-state index contributed by atoms with van der Waals surface area (Å²) in [6.45, 7) is 0. The molecule has 1 aromatic rings. The molecule has 10 heteroatoms. The van der Waals surface area contributed by atoms with Crippen molar-refractivity contribution in [2.45, 2.75) is 0 Å². The van der Waals surface area contributed by atoms with Gasteiger partial charge in [-0.25, -0.2) is 0 Å². The Kier molecular flexibility index (Phi) is 4.37. The molecule has 0 bridgehead atoms. The maximum absolute atomic E-state index is 10.8. The van der Waals surface area contributed by atoms with Crippen LogP contribution in [0.5, 0.6) is 0 Å². The molecule has 2 amide bonds. The van der Waals surface area contributed by atoms with E-state index < -0.39 is 11.8 Å². The molecule has 94 valence electrons. The topological polar surface area (TPSA) is 143 Å². The Bertz CT molecular complexity index is 462. The van der Waals surface area contributed by atoms with Crippen LogP contribution >= 0.6 is 0 Å². The zero-order valence-electron chi connectivity index (χ0n) is 9.13. The predicted molar refractivity (Wildman–Crippen MR) is 58.8 cm³/mol. The molecule has 0 fully saturated rings. The van der Waals surface area contributed by atoms with Crippen LogP contribution in [0.25, 0.3) is 0 Å². The van der Waals surface area contributed by atoms with Crippen LogP contribution in [-0.2, 0) is 19.2 Å². The normalized spacial score (nSPS) is 9.17. The summed E-state index contributed by atoms with van der Waals surface area (Å²) in [6, 6.07) is 0. The molecule has 0 aliphatic heterocycles. The van der Waals surface area contributed by atoms with E-state index in [9.17, 15) is 19.2 Å². The number of amides is 2. The third-order valence-electron chi connectivity index (χ3n) is 1.54. The Hall–Kier alpha value is -2.91. The van der Waals surface area contributed by atoms with Gasteiger partial charge in [0.1, 0.15) is 0 Å². The average molecular weight is 252 g/mol. The first kappa shape index (κ1) is 13.2. The van der Waals surface area contributed by atoms with Crippen molar-refractivity contribution in [3.63, 3.8) is 0 Å². The van der Waals surface area contributed by atoms with Gasteiger partial charge in [-0.1, -0.05) is 0 Å². The van der Waals surface area contributed by atoms with Gasteiger partial charge in [0.05, 0.1) is 0 Å². The molecule has 0 saturated carbocycles. The Morgan fingerprint density at radius 3 is 1.61 bits per heavy atom. The first-order valence-electron chi connectivity index (χ1n) is 4.55. The second kappa shape index (κ2) is 5.98. The largest absolute Gasteiger partial charge is 0.357 e. The molecule has 10 nitrogen and oxygen atoms in total. The van der Waals surface area contributed by atoms with E-state index in [2.05, 4.69) is 20.3 Å². The molecule has 0 unspecified atom stereocenters. The Labute approximate surface area is 100 Å². The second-order valence-corrected chi connectivity index (χ2v) is 2.77. The Morgan fingerprint density at radius 2 is 1.28 bits per heavy atom. The number of rotatable bonds is 5. The van der Waals surface area contributed by atoms with Gasteiger partial charge in [0, 0.05) is 7.05 Å². The van der Waals surface area contributed by atoms with Gasteiger partial charge in [0.25, 0.3) is 11.8 Å². The van der Waals surface area contributed by atoms with Crippen LogP contribution in [0.4, 0.5) is 17.8 Å². The maximum atomic E-state index is 10.8. The lowest BCUT2D eigenvalue weighted by molar-refractivity contribution is -0.127. The molecule has 1 heterocycles. The third kappa shape index (κ3) is 3.59. The van der Waals surface area contributed by atoms with Crippen molar-refractivity contribution in [1.82, 2.24) is 15.0 Å². The number of nitrogens with zero attached hydrogens (tertiary/aromatic N) is 3. The predicted octanol–water partition coefficient (Wildman–Crippen LogP) is -1.81. The molecular formula is C8H8N6O4. The van der Waals surface area contributed by atoms with Crippen LogP contribution in [-0.4, -0.2) is 46.4 Å². The van der Waals surface area contributed by atoms with E-state index in [0.717, 1.165) is 0 Å². The Morgan fingerprint density at radius 1 is 0.889 bits per heavy atom. The number of anilines is 3. The van der Waals surface area contributed by atoms with Gasteiger partial charge in [-0.05, 0) is 0 Å². The highest BCUT2D eigenvalue weighted by Gasteiger charge is 2.10. The van der Waals surface area contributed by atoms with Gasteiger partial charge < -0.3 is 5.32 Å². The van der Waals surface area contributed by atoms with Crippen molar-refractivity contribution in [2.75, 3.05) is 23.0 Å². The smallest absolute Gasteiger partial charge is 0.290 e. The molecular weight excluding hydrogens is 244 g/mol. The average Bonchev–Trinajstić information content (AvgIpc) is 2.37. The van der Waals surface area contributed by atoms with Crippen molar-refractivity contribution in [2.24, 2.45) is 0 Å². The molecule has 0 radical (unpaired) electrons. The van der Waals surface area contributed by atoms with Crippen molar-refractivity contribution >= 4 is 42.2 Å². The third-order valence-corrected chi connectivity index (χ3v) is 1.54. The van der Waals surface area contributed by atoms with Crippen LogP contribution in [0.15, 0.2) is 0 Å². The van der Waals surface area contributed by atoms with Crippen LogP contribution < -0.4 is 16.0 Å². The maximum Gasteiger partial charge on any atom is 0.290 e. The van der Waals surface area contributed by atoms with Crippen LogP contribution in [0, 0.1) is 0 Å². The summed E-state index contributed by atoms with van der Waals surface area (Å²) in [5.74, 6) is -2.38. The molecule has 0 atom stereocenters. The number of aromatic nitrogens is 3. The van der Waals surface area contributed by atoms with Gasteiger partial charge in [-0.15, -0.1) is 0 Å². The van der Waals surface area contributed by atoms with Gasteiger partial charge in [-0.2, -0.15) is 15.0 Å². The van der Waals surface area contributed by atoms with Crippen LogP contribution in [0.1, 0.15) is 0 Å². The molecule has 18 heavy (non-hydrogen) atoms. The summed E-state index contributed by atoms with van der Waals surface area (Å²) in [6.07, 6.45) is 0.0685. The zero-order chi connectivity index (χ0) is 13.5. The summed E-state index contributed by atoms with van der Waals surface area (Å²) in [5.41, 5.74) is 0. The number of hydrogen-bond donors (Lipinski definition) is 3. The molecule has 3 N–H and O–H groups in total. The highest BCUT2D eigenvalue weighted by molar-refractivity contribution is 6.29. The second-order valence-electron chi connectivity index (χ2n) is 2.77. The summed E-state index contributed by atoms with van der Waals surface area (Å²) < 4.78 is 0. The molecule has 0 aliphatic rings. The van der Waals surface area contributed by atoms with Crippen molar-refractivity contribution in [3.8, 4) is 0 Å². The lowest BCUT2D eigenvalue weighted by Gasteiger charge is -2.05. The zero-order valence-corrected chi connectivity index (χ0v) is 9.13. The summed E-state index contributed by atoms with van der Waals surface area (Å²) in [5, 5.41) is 6.65. The standard InChI is InChI=1S/C8H8N6O4/c1-9-6-12-7(10-4(17)2-15)14-8(13-6)11-5(18)3-16/h2-3H,1H3,(H3,9,10,11,12,13,14,17,18). The van der Waals surface area contributed by atoms with Gasteiger partial charge >= 0.3 is 0 Å². The van der Waals surface area contributed by atoms with E-state index in [1.807, 2.05) is 10.6 Å². The number of carbonyl (C=O) groups is 4. The van der Waals surface area contributed by atoms with Gasteiger partial charge in [-0.3, -0.25) is 29.8 Å².